The molecular weight excluding hydrogens is 242 g/mol. The molecule has 2 aromatic rings. The van der Waals surface area contributed by atoms with Crippen molar-refractivity contribution in [1.29, 1.82) is 5.26 Å². The number of carbonyl (C=O) groups excluding carboxylic acids is 1. The topological polar surface area (TPSA) is 78.9 Å². The van der Waals surface area contributed by atoms with Crippen molar-refractivity contribution in [2.45, 2.75) is 25.8 Å². The molecule has 5 nitrogen and oxygen atoms in total. The molecule has 1 aromatic carbocycles. The predicted octanol–water partition coefficient (Wildman–Crippen LogP) is 2.14. The molecule has 96 valence electrons. The normalized spacial score (nSPS) is 16.6. The van der Waals surface area contributed by atoms with Gasteiger partial charge >= 0.3 is 0 Å². The summed E-state index contributed by atoms with van der Waals surface area (Å²) in [6.45, 7) is 0.402. The van der Waals surface area contributed by atoms with Crippen molar-refractivity contribution in [3.63, 3.8) is 0 Å². The van der Waals surface area contributed by atoms with Crippen LogP contribution < -0.4 is 5.32 Å². The third kappa shape index (κ3) is 1.95. The van der Waals surface area contributed by atoms with E-state index in [9.17, 15) is 4.79 Å². The van der Waals surface area contributed by atoms with Crippen molar-refractivity contribution in [2.75, 3.05) is 0 Å². The lowest BCUT2D eigenvalue weighted by Crippen LogP contribution is -2.44. The van der Waals surface area contributed by atoms with Crippen LogP contribution in [0.5, 0.6) is 0 Å². The van der Waals surface area contributed by atoms with E-state index in [-0.39, 0.29) is 5.91 Å². The van der Waals surface area contributed by atoms with Gasteiger partial charge in [-0.3, -0.25) is 4.79 Å². The van der Waals surface area contributed by atoms with Gasteiger partial charge in [0.2, 0.25) is 5.91 Å². The Balaban J connectivity index is 1.69. The number of hydrogen-bond donors (Lipinski definition) is 1. The van der Waals surface area contributed by atoms with Crippen LogP contribution in [0.2, 0.25) is 0 Å². The zero-order valence-electron chi connectivity index (χ0n) is 10.3. The fourth-order valence-corrected chi connectivity index (χ4v) is 2.28. The number of oxazole rings is 1. The first-order chi connectivity index (χ1) is 9.23. The first-order valence-corrected chi connectivity index (χ1v) is 6.25. The molecule has 0 radical (unpaired) electrons. The molecule has 3 rings (SSSR count). The number of nitrogens with one attached hydrogen (secondary N) is 1. The van der Waals surface area contributed by atoms with Gasteiger partial charge in [-0.15, -0.1) is 0 Å². The minimum absolute atomic E-state index is 0.168. The fourth-order valence-electron chi connectivity index (χ4n) is 2.28. The molecule has 1 aliphatic carbocycles. The van der Waals surface area contributed by atoms with E-state index in [4.69, 9.17) is 9.68 Å². The van der Waals surface area contributed by atoms with Crippen molar-refractivity contribution in [3.8, 4) is 6.07 Å². The van der Waals surface area contributed by atoms with E-state index in [0.29, 0.717) is 25.0 Å². The van der Waals surface area contributed by atoms with Crippen LogP contribution in [-0.4, -0.2) is 10.9 Å². The van der Waals surface area contributed by atoms with Crippen LogP contribution in [-0.2, 0) is 11.3 Å². The van der Waals surface area contributed by atoms with E-state index >= 15 is 0 Å². The number of benzene rings is 1. The maximum Gasteiger partial charge on any atom is 0.240 e. The molecule has 0 unspecified atom stereocenters. The fraction of sp³-hybridized carbons (Fsp3) is 0.357. The van der Waals surface area contributed by atoms with Crippen LogP contribution in [0.15, 0.2) is 29.0 Å². The third-order valence-electron chi connectivity index (χ3n) is 3.70. The summed E-state index contributed by atoms with van der Waals surface area (Å²) in [5, 5.41) is 11.9. The molecule has 0 bridgehead atoms. The van der Waals surface area contributed by atoms with Gasteiger partial charge in [0, 0.05) is 6.54 Å². The zero-order valence-corrected chi connectivity index (χ0v) is 10.3. The van der Waals surface area contributed by atoms with Gasteiger partial charge in [-0.1, -0.05) is 6.07 Å². The molecule has 1 amide bonds. The summed E-state index contributed by atoms with van der Waals surface area (Å²) in [5.74, 6) is -0.168. The SMILES string of the molecule is N#CC1(C(=O)NCc2ccc3ncoc3c2)CCC1. The summed E-state index contributed by atoms with van der Waals surface area (Å²) in [6, 6.07) is 7.73. The number of amides is 1. The van der Waals surface area contributed by atoms with Crippen molar-refractivity contribution >= 4 is 17.0 Å². The van der Waals surface area contributed by atoms with Crippen LogP contribution in [0.3, 0.4) is 0 Å². The summed E-state index contributed by atoms with van der Waals surface area (Å²) >= 11 is 0. The van der Waals surface area contributed by atoms with Gasteiger partial charge in [-0.05, 0) is 37.0 Å². The maximum absolute atomic E-state index is 12.0. The second-order valence-corrected chi connectivity index (χ2v) is 4.88. The van der Waals surface area contributed by atoms with Gasteiger partial charge in [-0.2, -0.15) is 5.26 Å². The van der Waals surface area contributed by atoms with Crippen LogP contribution >= 0.6 is 0 Å². The highest BCUT2D eigenvalue weighted by Crippen LogP contribution is 2.40. The second kappa shape index (κ2) is 4.39. The number of hydrogen-bond acceptors (Lipinski definition) is 4. The van der Waals surface area contributed by atoms with Gasteiger partial charge in [0.1, 0.15) is 10.9 Å². The third-order valence-corrected chi connectivity index (χ3v) is 3.70. The Bertz CT molecular complexity index is 665. The summed E-state index contributed by atoms with van der Waals surface area (Å²) in [4.78, 5) is 16.0. The second-order valence-electron chi connectivity index (χ2n) is 4.88. The van der Waals surface area contributed by atoms with Crippen LogP contribution in [0.4, 0.5) is 0 Å². The Morgan fingerprint density at radius 3 is 3.05 bits per heavy atom. The molecule has 1 N–H and O–H groups in total. The first kappa shape index (κ1) is 11.7. The van der Waals surface area contributed by atoms with Gasteiger partial charge in [0.15, 0.2) is 12.0 Å². The van der Waals surface area contributed by atoms with Gasteiger partial charge in [-0.25, -0.2) is 4.98 Å². The molecule has 1 fully saturated rings. The Kier molecular flexibility index (Phi) is 2.71. The molecule has 19 heavy (non-hydrogen) atoms. The van der Waals surface area contributed by atoms with E-state index in [2.05, 4.69) is 16.4 Å². The van der Waals surface area contributed by atoms with Crippen molar-refractivity contribution in [2.24, 2.45) is 5.41 Å². The van der Waals surface area contributed by atoms with Gasteiger partial charge in [0.25, 0.3) is 0 Å². The number of rotatable bonds is 3. The Labute approximate surface area is 110 Å². The summed E-state index contributed by atoms with van der Waals surface area (Å²) in [6.07, 6.45) is 3.67. The van der Waals surface area contributed by atoms with Crippen molar-refractivity contribution in [3.05, 3.63) is 30.2 Å². The molecule has 1 saturated carbocycles. The largest absolute Gasteiger partial charge is 0.443 e. The van der Waals surface area contributed by atoms with Crippen LogP contribution in [0.1, 0.15) is 24.8 Å². The van der Waals surface area contributed by atoms with E-state index in [0.717, 1.165) is 17.5 Å². The minimum Gasteiger partial charge on any atom is -0.443 e. The van der Waals surface area contributed by atoms with Gasteiger partial charge < -0.3 is 9.73 Å². The number of carbonyl (C=O) groups is 1. The number of nitriles is 1. The van der Waals surface area contributed by atoms with Crippen molar-refractivity contribution in [1.82, 2.24) is 10.3 Å². The monoisotopic (exact) mass is 255 g/mol. The zero-order chi connectivity index (χ0) is 13.3. The summed E-state index contributed by atoms with van der Waals surface area (Å²) in [7, 11) is 0. The lowest BCUT2D eigenvalue weighted by atomic mass is 9.69. The highest BCUT2D eigenvalue weighted by Gasteiger charge is 2.44. The number of nitrogens with zero attached hydrogens (tertiary/aromatic N) is 2. The highest BCUT2D eigenvalue weighted by atomic mass is 16.3. The number of fused-ring (bicyclic) bond motifs is 1. The van der Waals surface area contributed by atoms with E-state index in [1.165, 1.54) is 6.39 Å². The molecule has 0 aliphatic heterocycles. The smallest absolute Gasteiger partial charge is 0.240 e. The standard InChI is InChI=1S/C14H13N3O2/c15-8-14(4-1-5-14)13(18)16-7-10-2-3-11-12(6-10)19-9-17-11/h2-3,6,9H,1,4-5,7H2,(H,16,18). The Morgan fingerprint density at radius 1 is 1.53 bits per heavy atom. The Morgan fingerprint density at radius 2 is 2.37 bits per heavy atom. The molecule has 1 aliphatic rings. The molecule has 0 saturated heterocycles. The van der Waals surface area contributed by atoms with Crippen LogP contribution in [0.25, 0.3) is 11.1 Å². The molecule has 0 atom stereocenters. The van der Waals surface area contributed by atoms with E-state index in [1.807, 2.05) is 18.2 Å². The average Bonchev–Trinajstić information content (AvgIpc) is 2.83. The number of aromatic nitrogens is 1. The molecule has 0 spiro atoms. The highest BCUT2D eigenvalue weighted by molar-refractivity contribution is 5.86. The average molecular weight is 255 g/mol. The van der Waals surface area contributed by atoms with Crippen molar-refractivity contribution < 1.29 is 9.21 Å². The molecular formula is C14H13N3O2. The maximum atomic E-state index is 12.0. The van der Waals surface area contributed by atoms with Crippen LogP contribution in [0, 0.1) is 16.7 Å². The van der Waals surface area contributed by atoms with E-state index in [1.54, 1.807) is 0 Å². The lowest BCUT2D eigenvalue weighted by molar-refractivity contribution is -0.131. The quantitative estimate of drug-likeness (QED) is 0.911. The Hall–Kier alpha value is -2.35. The lowest BCUT2D eigenvalue weighted by Gasteiger charge is -2.33. The van der Waals surface area contributed by atoms with E-state index < -0.39 is 5.41 Å². The minimum atomic E-state index is -0.795. The first-order valence-electron chi connectivity index (χ1n) is 6.25. The molecule has 5 heteroatoms. The summed E-state index contributed by atoms with van der Waals surface area (Å²) < 4.78 is 5.21. The summed E-state index contributed by atoms with van der Waals surface area (Å²) in [5.41, 5.74) is 1.63. The molecule has 1 heterocycles. The predicted molar refractivity (Wildman–Crippen MR) is 67.8 cm³/mol. The molecule has 1 aromatic heterocycles. The van der Waals surface area contributed by atoms with Gasteiger partial charge in [0.05, 0.1) is 6.07 Å².